The minimum Gasteiger partial charge on any atom is -0.478 e. The zero-order valence-electron chi connectivity index (χ0n) is 15.2. The van der Waals surface area contributed by atoms with Crippen molar-refractivity contribution in [1.29, 1.82) is 0 Å². The molecule has 0 saturated carbocycles. The summed E-state index contributed by atoms with van der Waals surface area (Å²) in [5.41, 5.74) is 0. The van der Waals surface area contributed by atoms with E-state index in [0.717, 1.165) is 45.5 Å². The molecule has 2 fully saturated rings. The molecule has 0 bridgehead atoms. The van der Waals surface area contributed by atoms with E-state index in [1.165, 1.54) is 0 Å². The van der Waals surface area contributed by atoms with Crippen LogP contribution in [0.25, 0.3) is 0 Å². The van der Waals surface area contributed by atoms with Crippen LogP contribution in [-0.2, 0) is 9.53 Å². The topological polar surface area (TPSA) is 67.8 Å². The molecule has 138 valence electrons. The van der Waals surface area contributed by atoms with Crippen LogP contribution >= 0.6 is 0 Å². The number of anilines is 1. The molecule has 1 aromatic rings. The number of hydrogen-bond acceptors (Lipinski definition) is 6. The zero-order chi connectivity index (χ0) is 17.6. The Kier molecular flexibility index (Phi) is 6.07. The fraction of sp³-hybridized carbons (Fsp3) is 0.722. The third-order valence-corrected chi connectivity index (χ3v) is 4.92. The summed E-state index contributed by atoms with van der Waals surface area (Å²) < 4.78 is 11.1. The van der Waals surface area contributed by atoms with Crippen molar-refractivity contribution >= 4 is 11.9 Å². The Morgan fingerprint density at radius 1 is 1.32 bits per heavy atom. The molecular formula is C18H28N4O3. The summed E-state index contributed by atoms with van der Waals surface area (Å²) in [6.07, 6.45) is 4.56. The minimum absolute atomic E-state index is 0.00201. The van der Waals surface area contributed by atoms with Crippen LogP contribution in [0, 0.1) is 5.92 Å². The van der Waals surface area contributed by atoms with Gasteiger partial charge in [-0.05, 0) is 33.1 Å². The van der Waals surface area contributed by atoms with Crippen LogP contribution < -0.4 is 9.64 Å². The highest BCUT2D eigenvalue weighted by molar-refractivity contribution is 5.79. The molecule has 0 unspecified atom stereocenters. The van der Waals surface area contributed by atoms with Gasteiger partial charge in [-0.2, -0.15) is 4.98 Å². The van der Waals surface area contributed by atoms with Crippen molar-refractivity contribution in [1.82, 2.24) is 14.9 Å². The lowest BCUT2D eigenvalue weighted by Crippen LogP contribution is -2.44. The minimum atomic E-state index is -0.00201. The van der Waals surface area contributed by atoms with E-state index in [-0.39, 0.29) is 17.9 Å². The second-order valence-corrected chi connectivity index (χ2v) is 6.62. The second-order valence-electron chi connectivity index (χ2n) is 6.62. The molecule has 25 heavy (non-hydrogen) atoms. The first-order valence-corrected chi connectivity index (χ1v) is 9.30. The summed E-state index contributed by atoms with van der Waals surface area (Å²) in [4.78, 5) is 25.8. The summed E-state index contributed by atoms with van der Waals surface area (Å²) in [7, 11) is 0. The average Bonchev–Trinajstić information content (AvgIpc) is 2.88. The normalized spacial score (nSPS) is 24.7. The van der Waals surface area contributed by atoms with Crippen LogP contribution in [0.3, 0.4) is 0 Å². The van der Waals surface area contributed by atoms with Gasteiger partial charge in [0, 0.05) is 45.0 Å². The molecule has 2 aliphatic rings. The van der Waals surface area contributed by atoms with Gasteiger partial charge in [-0.25, -0.2) is 4.98 Å². The quantitative estimate of drug-likeness (QED) is 0.825. The Hall–Kier alpha value is -1.89. The molecule has 0 radical (unpaired) electrons. The first-order chi connectivity index (χ1) is 12.2. The molecule has 7 heteroatoms. The molecule has 3 rings (SSSR count). The molecule has 2 atom stereocenters. The van der Waals surface area contributed by atoms with Gasteiger partial charge in [0.25, 0.3) is 0 Å². The number of amides is 1. The first-order valence-electron chi connectivity index (χ1n) is 9.30. The van der Waals surface area contributed by atoms with Gasteiger partial charge in [0.2, 0.25) is 17.7 Å². The van der Waals surface area contributed by atoms with Gasteiger partial charge < -0.3 is 19.3 Å². The molecule has 0 aromatic carbocycles. The van der Waals surface area contributed by atoms with Crippen LogP contribution in [0.1, 0.15) is 33.1 Å². The van der Waals surface area contributed by atoms with Crippen molar-refractivity contribution in [2.24, 2.45) is 5.92 Å². The third-order valence-electron chi connectivity index (χ3n) is 4.92. The van der Waals surface area contributed by atoms with Crippen molar-refractivity contribution in [2.75, 3.05) is 44.3 Å². The smallest absolute Gasteiger partial charge is 0.228 e. The molecule has 2 aliphatic heterocycles. The molecule has 0 N–H and O–H groups in total. The summed E-state index contributed by atoms with van der Waals surface area (Å²) in [6.45, 7) is 8.37. The Bertz CT molecular complexity index is 583. The van der Waals surface area contributed by atoms with Gasteiger partial charge in [0.15, 0.2) is 0 Å². The number of ether oxygens (including phenoxy) is 2. The lowest BCUT2D eigenvalue weighted by Gasteiger charge is -2.32. The fourth-order valence-electron chi connectivity index (χ4n) is 3.53. The average molecular weight is 348 g/mol. The predicted molar refractivity (Wildman–Crippen MR) is 94.7 cm³/mol. The van der Waals surface area contributed by atoms with E-state index in [1.54, 1.807) is 12.3 Å². The summed E-state index contributed by atoms with van der Waals surface area (Å²) in [6, 6.07) is 1.77. The number of rotatable bonds is 4. The van der Waals surface area contributed by atoms with Crippen LogP contribution in [0.4, 0.5) is 5.95 Å². The van der Waals surface area contributed by atoms with Crippen LogP contribution in [0.2, 0.25) is 0 Å². The van der Waals surface area contributed by atoms with Crippen molar-refractivity contribution in [2.45, 2.75) is 39.2 Å². The van der Waals surface area contributed by atoms with Crippen molar-refractivity contribution in [3.05, 3.63) is 12.3 Å². The highest BCUT2D eigenvalue weighted by atomic mass is 16.5. The second kappa shape index (κ2) is 8.47. The molecule has 2 saturated heterocycles. The van der Waals surface area contributed by atoms with E-state index < -0.39 is 0 Å². The Labute approximate surface area is 149 Å². The Balaban J connectivity index is 1.62. The number of carbonyl (C=O) groups is 1. The number of hydrogen-bond donors (Lipinski definition) is 0. The summed E-state index contributed by atoms with van der Waals surface area (Å²) >= 11 is 0. The monoisotopic (exact) mass is 348 g/mol. The van der Waals surface area contributed by atoms with E-state index in [4.69, 9.17) is 9.47 Å². The summed E-state index contributed by atoms with van der Waals surface area (Å²) in [5.74, 6) is 1.50. The van der Waals surface area contributed by atoms with Gasteiger partial charge in [0.05, 0.1) is 18.6 Å². The highest BCUT2D eigenvalue weighted by Crippen LogP contribution is 2.24. The predicted octanol–water partition coefficient (Wildman–Crippen LogP) is 1.73. The van der Waals surface area contributed by atoms with Crippen molar-refractivity contribution in [3.8, 4) is 5.88 Å². The molecule has 0 aliphatic carbocycles. The maximum absolute atomic E-state index is 12.9. The number of nitrogens with zero attached hydrogens (tertiary/aromatic N) is 4. The molecule has 1 amide bonds. The van der Waals surface area contributed by atoms with E-state index in [2.05, 4.69) is 14.9 Å². The standard InChI is InChI=1S/C18H28N4O3/c1-3-24-16-7-8-19-18(20-16)22-10-5-9-21(11-12-22)17(23)15-6-4-13-25-14(15)2/h7-8,14-15H,3-6,9-13H2,1-2H3/t14-,15-/m0/s1. The van der Waals surface area contributed by atoms with Gasteiger partial charge in [-0.3, -0.25) is 4.79 Å². The number of carbonyl (C=O) groups excluding carboxylic acids is 1. The van der Waals surface area contributed by atoms with Gasteiger partial charge >= 0.3 is 0 Å². The summed E-state index contributed by atoms with van der Waals surface area (Å²) in [5, 5.41) is 0. The maximum atomic E-state index is 12.9. The number of aromatic nitrogens is 2. The molecule has 3 heterocycles. The molecule has 0 spiro atoms. The molecule has 1 aromatic heterocycles. The van der Waals surface area contributed by atoms with E-state index >= 15 is 0 Å². The SMILES string of the molecule is CCOc1ccnc(N2CCCN(C(=O)[C@H]3CCCO[C@H]3C)CC2)n1. The lowest BCUT2D eigenvalue weighted by molar-refractivity contribution is -0.143. The van der Waals surface area contributed by atoms with Crippen LogP contribution in [-0.4, -0.2) is 66.3 Å². The largest absolute Gasteiger partial charge is 0.478 e. The van der Waals surface area contributed by atoms with Gasteiger partial charge in [-0.1, -0.05) is 0 Å². The van der Waals surface area contributed by atoms with Crippen molar-refractivity contribution in [3.63, 3.8) is 0 Å². The molecule has 7 nitrogen and oxygen atoms in total. The van der Waals surface area contributed by atoms with E-state index in [1.807, 2.05) is 18.7 Å². The van der Waals surface area contributed by atoms with Crippen molar-refractivity contribution < 1.29 is 14.3 Å². The van der Waals surface area contributed by atoms with Crippen LogP contribution in [0.5, 0.6) is 5.88 Å². The Morgan fingerprint density at radius 3 is 3.00 bits per heavy atom. The Morgan fingerprint density at radius 2 is 2.20 bits per heavy atom. The van der Waals surface area contributed by atoms with E-state index in [0.29, 0.717) is 25.0 Å². The lowest BCUT2D eigenvalue weighted by atomic mass is 9.94. The maximum Gasteiger partial charge on any atom is 0.228 e. The van der Waals surface area contributed by atoms with Gasteiger partial charge in [-0.15, -0.1) is 0 Å². The zero-order valence-corrected chi connectivity index (χ0v) is 15.2. The van der Waals surface area contributed by atoms with Crippen LogP contribution in [0.15, 0.2) is 12.3 Å². The fourth-order valence-corrected chi connectivity index (χ4v) is 3.53. The third kappa shape index (κ3) is 4.39. The highest BCUT2D eigenvalue weighted by Gasteiger charge is 2.32. The first kappa shape index (κ1) is 17.9. The molecular weight excluding hydrogens is 320 g/mol. The van der Waals surface area contributed by atoms with Gasteiger partial charge in [0.1, 0.15) is 0 Å². The van der Waals surface area contributed by atoms with E-state index in [9.17, 15) is 4.79 Å².